The van der Waals surface area contributed by atoms with E-state index < -0.39 is 5.79 Å². The Morgan fingerprint density at radius 2 is 2.08 bits per heavy atom. The monoisotopic (exact) mass is 591 g/mol. The van der Waals surface area contributed by atoms with Crippen molar-refractivity contribution in [2.45, 2.75) is 43.8 Å². The number of anilines is 1. The fraction of sp³-hybridized carbons (Fsp3) is 0.429. The van der Waals surface area contributed by atoms with Crippen molar-refractivity contribution >= 4 is 55.8 Å². The number of fused-ring (bicyclic) bond motifs is 5. The van der Waals surface area contributed by atoms with E-state index in [1.165, 1.54) is 0 Å². The van der Waals surface area contributed by atoms with Crippen molar-refractivity contribution < 1.29 is 14.2 Å². The number of nitrogens with two attached hydrogens (primary N) is 1. The van der Waals surface area contributed by atoms with Crippen molar-refractivity contribution in [1.29, 1.82) is 0 Å². The highest BCUT2D eigenvalue weighted by Crippen LogP contribution is 2.68. The van der Waals surface area contributed by atoms with Gasteiger partial charge in [0, 0.05) is 37.7 Å². The molecule has 2 aliphatic carbocycles. The number of hydrogen-bond donors (Lipinski definition) is 1. The lowest BCUT2D eigenvalue weighted by Crippen LogP contribution is -2.37. The maximum atomic E-state index is 6.57. The van der Waals surface area contributed by atoms with Crippen LogP contribution in [0.4, 0.5) is 11.6 Å². The Hall–Kier alpha value is -3.28. The van der Waals surface area contributed by atoms with Crippen molar-refractivity contribution in [1.82, 2.24) is 24.4 Å². The first-order valence-electron chi connectivity index (χ1n) is 13.0. The highest BCUT2D eigenvalue weighted by Gasteiger charge is 2.76. The summed E-state index contributed by atoms with van der Waals surface area (Å²) in [5, 5.41) is 1.91. The smallest absolute Gasteiger partial charge is 0.166 e. The molecule has 2 N–H and O–H groups in total. The topological polar surface area (TPSA) is 113 Å². The fourth-order valence-electron chi connectivity index (χ4n) is 6.45. The lowest BCUT2D eigenvalue weighted by atomic mass is 10.0. The summed E-state index contributed by atoms with van der Waals surface area (Å²) >= 11 is 3.45. The molecular weight excluding hydrogens is 562 g/mol. The van der Waals surface area contributed by atoms with Crippen LogP contribution >= 0.6 is 15.9 Å². The van der Waals surface area contributed by atoms with Crippen LogP contribution < -0.4 is 10.5 Å². The average molecular weight is 592 g/mol. The molecular formula is C28H30BrN7O3. The molecule has 0 bridgehead atoms. The molecule has 0 spiro atoms. The molecule has 3 fully saturated rings. The number of ether oxygens (including phenoxy) is 3. The number of benzene rings is 1. The number of aliphatic imine (C=N–C) groups is 1. The minimum Gasteiger partial charge on any atom is -0.493 e. The van der Waals surface area contributed by atoms with Gasteiger partial charge in [0.15, 0.2) is 11.6 Å². The van der Waals surface area contributed by atoms with Crippen LogP contribution in [0.5, 0.6) is 5.75 Å². The molecule has 4 aromatic rings. The minimum atomic E-state index is -0.676. The van der Waals surface area contributed by atoms with Crippen LogP contribution in [0.15, 0.2) is 52.3 Å². The maximum Gasteiger partial charge on any atom is 0.166 e. The van der Waals surface area contributed by atoms with Gasteiger partial charge in [-0.3, -0.25) is 0 Å². The largest absolute Gasteiger partial charge is 0.493 e. The molecule has 1 saturated heterocycles. The molecule has 1 unspecified atom stereocenters. The third-order valence-corrected chi connectivity index (χ3v) is 8.76. The number of halogens is 1. The van der Waals surface area contributed by atoms with E-state index in [4.69, 9.17) is 19.9 Å². The summed E-state index contributed by atoms with van der Waals surface area (Å²) in [6, 6.07) is 9.93. The van der Waals surface area contributed by atoms with Gasteiger partial charge in [0.1, 0.15) is 29.6 Å². The normalized spacial score (nSPS) is 28.7. The molecule has 39 heavy (non-hydrogen) atoms. The third kappa shape index (κ3) is 3.89. The van der Waals surface area contributed by atoms with Crippen LogP contribution in [-0.4, -0.2) is 69.5 Å². The Morgan fingerprint density at radius 1 is 1.23 bits per heavy atom. The van der Waals surface area contributed by atoms with Crippen LogP contribution in [0.3, 0.4) is 0 Å². The summed E-state index contributed by atoms with van der Waals surface area (Å²) in [4.78, 5) is 20.0. The van der Waals surface area contributed by atoms with Gasteiger partial charge in [-0.2, -0.15) is 0 Å². The van der Waals surface area contributed by atoms with Gasteiger partial charge in [-0.15, -0.1) is 0 Å². The minimum absolute atomic E-state index is 0.0885. The van der Waals surface area contributed by atoms with Gasteiger partial charge in [0.2, 0.25) is 0 Å². The molecule has 4 heterocycles. The lowest BCUT2D eigenvalue weighted by molar-refractivity contribution is -0.162. The first kappa shape index (κ1) is 24.7. The fourth-order valence-corrected chi connectivity index (χ4v) is 6.79. The zero-order valence-electron chi connectivity index (χ0n) is 22.2. The van der Waals surface area contributed by atoms with Crippen molar-refractivity contribution in [3.63, 3.8) is 0 Å². The Balaban J connectivity index is 1.20. The Morgan fingerprint density at radius 3 is 2.90 bits per heavy atom. The predicted octanol–water partition coefficient (Wildman–Crippen LogP) is 4.49. The van der Waals surface area contributed by atoms with Crippen molar-refractivity contribution in [3.8, 4) is 5.75 Å². The molecule has 0 amide bonds. The molecule has 3 aromatic heterocycles. The summed E-state index contributed by atoms with van der Waals surface area (Å²) in [7, 11) is 3.87. The summed E-state index contributed by atoms with van der Waals surface area (Å²) < 4.78 is 22.5. The molecule has 7 rings (SSSR count). The number of aromatic nitrogens is 4. The molecule has 10 nitrogen and oxygen atoms in total. The highest BCUT2D eigenvalue weighted by molar-refractivity contribution is 9.10. The summed E-state index contributed by atoms with van der Waals surface area (Å²) in [5.41, 5.74) is 7.41. The molecule has 2 saturated carbocycles. The standard InChI is InChI=1S/C28H30BrN7O3/c1-27(2)38-22-18(12-37-16-6-5-15-9-20(29)24(30)34-21(15)10-16)19-11-28(19,23(22)39-27)36-8-7-17-25(33-14-35(3)4)31-13-32-26(17)36/h5-10,13-14,18-19,22-23H,11-12H2,1-4H3,(H2,30,34)/b33-14+/t18-,19-,22+,23+,28?/m0/s1. The number of hydrogen-bond acceptors (Lipinski definition) is 8. The predicted molar refractivity (Wildman–Crippen MR) is 152 cm³/mol. The van der Waals surface area contributed by atoms with E-state index in [1.807, 2.05) is 63.2 Å². The van der Waals surface area contributed by atoms with E-state index in [0.717, 1.165) is 38.6 Å². The van der Waals surface area contributed by atoms with Crippen LogP contribution in [-0.2, 0) is 15.0 Å². The molecule has 1 aliphatic heterocycles. The molecule has 202 valence electrons. The van der Waals surface area contributed by atoms with Crippen molar-refractivity contribution in [3.05, 3.63) is 47.3 Å². The molecule has 11 heteroatoms. The van der Waals surface area contributed by atoms with E-state index in [2.05, 4.69) is 46.6 Å². The molecule has 0 radical (unpaired) electrons. The van der Waals surface area contributed by atoms with Gasteiger partial charge >= 0.3 is 0 Å². The molecule has 1 aromatic carbocycles. The number of rotatable bonds is 6. The average Bonchev–Trinajstić information content (AvgIpc) is 3.17. The third-order valence-electron chi connectivity index (χ3n) is 8.12. The van der Waals surface area contributed by atoms with Crippen LogP contribution in [0, 0.1) is 11.8 Å². The summed E-state index contributed by atoms with van der Waals surface area (Å²) in [6.45, 7) is 4.48. The summed E-state index contributed by atoms with van der Waals surface area (Å²) in [6.07, 6.45) is 6.20. The molecule has 5 atom stereocenters. The van der Waals surface area contributed by atoms with E-state index in [1.54, 1.807) is 12.7 Å². The number of nitrogen functional groups attached to an aromatic ring is 1. The second kappa shape index (κ2) is 8.61. The second-order valence-corrected chi connectivity index (χ2v) is 12.2. The zero-order valence-corrected chi connectivity index (χ0v) is 23.8. The van der Waals surface area contributed by atoms with E-state index in [9.17, 15) is 0 Å². The van der Waals surface area contributed by atoms with Crippen LogP contribution in [0.1, 0.15) is 20.3 Å². The van der Waals surface area contributed by atoms with E-state index in [0.29, 0.717) is 24.2 Å². The molecule has 3 aliphatic rings. The van der Waals surface area contributed by atoms with Gasteiger partial charge in [-0.25, -0.2) is 19.9 Å². The highest BCUT2D eigenvalue weighted by atomic mass is 79.9. The summed E-state index contributed by atoms with van der Waals surface area (Å²) in [5.74, 6) is 1.67. The van der Waals surface area contributed by atoms with Crippen LogP contribution in [0.25, 0.3) is 21.9 Å². The van der Waals surface area contributed by atoms with Gasteiger partial charge < -0.3 is 29.4 Å². The number of nitrogens with zero attached hydrogens (tertiary/aromatic N) is 6. The van der Waals surface area contributed by atoms with Gasteiger partial charge in [-0.1, -0.05) is 0 Å². The Labute approximate surface area is 234 Å². The van der Waals surface area contributed by atoms with Gasteiger partial charge in [0.05, 0.1) is 40.0 Å². The Bertz CT molecular complexity index is 1640. The Kier molecular flexibility index (Phi) is 5.46. The zero-order chi connectivity index (χ0) is 27.1. The van der Waals surface area contributed by atoms with Crippen molar-refractivity contribution in [2.24, 2.45) is 16.8 Å². The second-order valence-electron chi connectivity index (χ2n) is 11.3. The maximum absolute atomic E-state index is 6.57. The van der Waals surface area contributed by atoms with Gasteiger partial charge in [0.25, 0.3) is 0 Å². The van der Waals surface area contributed by atoms with E-state index in [-0.39, 0.29) is 23.7 Å². The number of pyridine rings is 1. The SMILES string of the molecule is CN(C)/C=N/c1ncnc2c1ccn2C12C[C@H]1[C@H](COc1ccc3cc(Br)c(N)nc3c1)[C@H]1OC(C)(C)O[C@H]12. The van der Waals surface area contributed by atoms with Gasteiger partial charge in [-0.05, 0) is 66.4 Å². The lowest BCUT2D eigenvalue weighted by Gasteiger charge is -2.25. The quantitative estimate of drug-likeness (QED) is 0.258. The van der Waals surface area contributed by atoms with E-state index >= 15 is 0 Å². The first-order chi connectivity index (χ1) is 18.7. The first-order valence-corrected chi connectivity index (χ1v) is 13.8. The van der Waals surface area contributed by atoms with Crippen LogP contribution in [0.2, 0.25) is 0 Å². The van der Waals surface area contributed by atoms with Crippen molar-refractivity contribution in [2.75, 3.05) is 26.4 Å².